The van der Waals surface area contributed by atoms with Crippen LogP contribution in [0.4, 0.5) is 17.1 Å². The molecule has 146 valence electrons. The number of benzene rings is 2. The number of rotatable bonds is 5. The molecule has 1 aliphatic heterocycles. The number of hydrogen-bond acceptors (Lipinski definition) is 6. The summed E-state index contributed by atoms with van der Waals surface area (Å²) in [7, 11) is 1.54. The molecule has 0 radical (unpaired) electrons. The highest BCUT2D eigenvalue weighted by atomic mass is 16.6. The van der Waals surface area contributed by atoms with Gasteiger partial charge in [0.2, 0.25) is 0 Å². The number of anilines is 2. The first kappa shape index (κ1) is 19.3. The highest BCUT2D eigenvalue weighted by molar-refractivity contribution is 6.08. The lowest BCUT2D eigenvalue weighted by atomic mass is 10.1. The average Bonchev–Trinajstić information content (AvgIpc) is 2.73. The molecule has 2 N–H and O–H groups in total. The number of ether oxygens (including phenoxy) is 1. The second-order valence-electron chi connectivity index (χ2n) is 6.17. The van der Waals surface area contributed by atoms with Crippen molar-refractivity contribution in [1.82, 2.24) is 5.32 Å². The molecule has 2 aromatic rings. The van der Waals surface area contributed by atoms with Gasteiger partial charge in [0.25, 0.3) is 17.5 Å². The van der Waals surface area contributed by atoms with E-state index in [1.807, 2.05) is 4.90 Å². The highest BCUT2D eigenvalue weighted by Crippen LogP contribution is 2.27. The predicted molar refractivity (Wildman–Crippen MR) is 104 cm³/mol. The standard InChI is InChI=1S/C19H20N4O5/c1-20-18(24)13-2-4-14(5-3-13)21-19(25)16-12-15(23(26)27)6-7-17(16)22-8-10-28-11-9-22/h2-7,12H,8-11H2,1H3,(H,20,24)(H,21,25). The number of hydrogen-bond donors (Lipinski definition) is 2. The van der Waals surface area contributed by atoms with E-state index >= 15 is 0 Å². The number of non-ortho nitro benzene ring substituents is 1. The fraction of sp³-hybridized carbons (Fsp3) is 0.263. The van der Waals surface area contributed by atoms with E-state index < -0.39 is 10.8 Å². The second kappa shape index (κ2) is 8.49. The quantitative estimate of drug-likeness (QED) is 0.602. The van der Waals surface area contributed by atoms with Crippen molar-refractivity contribution in [3.63, 3.8) is 0 Å². The number of morpholine rings is 1. The maximum absolute atomic E-state index is 12.9. The van der Waals surface area contributed by atoms with Crippen LogP contribution in [0.3, 0.4) is 0 Å². The van der Waals surface area contributed by atoms with Gasteiger partial charge in [-0.3, -0.25) is 19.7 Å². The van der Waals surface area contributed by atoms with Crippen molar-refractivity contribution in [1.29, 1.82) is 0 Å². The Morgan fingerprint density at radius 2 is 1.75 bits per heavy atom. The van der Waals surface area contributed by atoms with Crippen LogP contribution in [0.5, 0.6) is 0 Å². The molecular formula is C19H20N4O5. The smallest absolute Gasteiger partial charge is 0.270 e. The molecule has 1 aliphatic rings. The van der Waals surface area contributed by atoms with Crippen LogP contribution in [0.25, 0.3) is 0 Å². The number of carbonyl (C=O) groups excluding carboxylic acids is 2. The minimum Gasteiger partial charge on any atom is -0.378 e. The van der Waals surface area contributed by atoms with Crippen molar-refractivity contribution in [2.24, 2.45) is 0 Å². The van der Waals surface area contributed by atoms with Gasteiger partial charge in [-0.05, 0) is 30.3 Å². The van der Waals surface area contributed by atoms with Crippen molar-refractivity contribution in [2.45, 2.75) is 0 Å². The summed E-state index contributed by atoms with van der Waals surface area (Å²) < 4.78 is 5.34. The number of nitrogens with one attached hydrogen (secondary N) is 2. The van der Waals surface area contributed by atoms with E-state index in [9.17, 15) is 19.7 Å². The lowest BCUT2D eigenvalue weighted by Gasteiger charge is -2.30. The summed E-state index contributed by atoms with van der Waals surface area (Å²) in [5.74, 6) is -0.691. The van der Waals surface area contributed by atoms with Crippen LogP contribution in [0.15, 0.2) is 42.5 Å². The third kappa shape index (κ3) is 4.26. The van der Waals surface area contributed by atoms with Gasteiger partial charge >= 0.3 is 0 Å². The van der Waals surface area contributed by atoms with Crippen LogP contribution in [-0.4, -0.2) is 50.1 Å². The van der Waals surface area contributed by atoms with Gasteiger partial charge in [0.05, 0.1) is 29.4 Å². The highest BCUT2D eigenvalue weighted by Gasteiger charge is 2.22. The largest absolute Gasteiger partial charge is 0.378 e. The molecule has 9 heteroatoms. The Hall–Kier alpha value is -3.46. The molecule has 1 heterocycles. The fourth-order valence-corrected chi connectivity index (χ4v) is 2.95. The Bertz CT molecular complexity index is 892. The maximum Gasteiger partial charge on any atom is 0.270 e. The summed E-state index contributed by atoms with van der Waals surface area (Å²) >= 11 is 0. The Morgan fingerprint density at radius 1 is 1.07 bits per heavy atom. The fourth-order valence-electron chi connectivity index (χ4n) is 2.95. The van der Waals surface area contributed by atoms with Crippen molar-refractivity contribution >= 4 is 28.9 Å². The van der Waals surface area contributed by atoms with Crippen molar-refractivity contribution < 1.29 is 19.2 Å². The molecule has 0 spiro atoms. The van der Waals surface area contributed by atoms with E-state index in [1.165, 1.54) is 19.2 Å². The van der Waals surface area contributed by atoms with E-state index in [4.69, 9.17) is 4.74 Å². The number of nitro groups is 1. The minimum atomic E-state index is -0.530. The monoisotopic (exact) mass is 384 g/mol. The molecule has 0 atom stereocenters. The SMILES string of the molecule is CNC(=O)c1ccc(NC(=O)c2cc([N+](=O)[O-])ccc2N2CCOCC2)cc1. The zero-order valence-electron chi connectivity index (χ0n) is 15.3. The Labute approximate surface area is 161 Å². The second-order valence-corrected chi connectivity index (χ2v) is 6.17. The maximum atomic E-state index is 12.9. The van der Waals surface area contributed by atoms with Gasteiger partial charge in [-0.25, -0.2) is 0 Å². The van der Waals surface area contributed by atoms with Crippen LogP contribution in [0.1, 0.15) is 20.7 Å². The van der Waals surface area contributed by atoms with Crippen molar-refractivity contribution in [3.05, 3.63) is 63.7 Å². The average molecular weight is 384 g/mol. The molecule has 1 saturated heterocycles. The van der Waals surface area contributed by atoms with Gasteiger partial charge in [-0.2, -0.15) is 0 Å². The van der Waals surface area contributed by atoms with E-state index in [-0.39, 0.29) is 17.2 Å². The topological polar surface area (TPSA) is 114 Å². The van der Waals surface area contributed by atoms with E-state index in [1.54, 1.807) is 30.3 Å². The molecule has 0 aromatic heterocycles. The number of nitro benzene ring substituents is 1. The molecule has 2 aromatic carbocycles. The first-order chi connectivity index (χ1) is 13.5. The predicted octanol–water partition coefficient (Wildman–Crippen LogP) is 2.04. The van der Waals surface area contributed by atoms with E-state index in [2.05, 4.69) is 10.6 Å². The third-order valence-corrected chi connectivity index (χ3v) is 4.42. The zero-order chi connectivity index (χ0) is 20.1. The molecule has 2 amide bonds. The van der Waals surface area contributed by atoms with E-state index in [0.29, 0.717) is 43.2 Å². The van der Waals surface area contributed by atoms with Crippen molar-refractivity contribution in [3.8, 4) is 0 Å². The molecular weight excluding hydrogens is 364 g/mol. The number of nitrogens with zero attached hydrogens (tertiary/aromatic N) is 2. The van der Waals surface area contributed by atoms with Gasteiger partial charge in [0, 0.05) is 43.5 Å². The summed E-state index contributed by atoms with van der Waals surface area (Å²) in [5.41, 5.74) is 1.62. The minimum absolute atomic E-state index is 0.155. The zero-order valence-corrected chi connectivity index (χ0v) is 15.3. The van der Waals surface area contributed by atoms with Crippen LogP contribution < -0.4 is 15.5 Å². The van der Waals surface area contributed by atoms with Crippen LogP contribution in [0, 0.1) is 10.1 Å². The summed E-state index contributed by atoms with van der Waals surface area (Å²) in [4.78, 5) is 37.1. The van der Waals surface area contributed by atoms with Gasteiger partial charge in [-0.1, -0.05) is 0 Å². The molecule has 0 aliphatic carbocycles. The molecule has 3 rings (SSSR count). The Morgan fingerprint density at radius 3 is 2.36 bits per heavy atom. The lowest BCUT2D eigenvalue weighted by Crippen LogP contribution is -2.37. The number of carbonyl (C=O) groups is 2. The molecule has 0 unspecified atom stereocenters. The van der Waals surface area contributed by atoms with Crippen LogP contribution >= 0.6 is 0 Å². The van der Waals surface area contributed by atoms with Gasteiger partial charge < -0.3 is 20.3 Å². The summed E-state index contributed by atoms with van der Waals surface area (Å²) in [5, 5.41) is 16.4. The Kier molecular flexibility index (Phi) is 5.85. The summed E-state index contributed by atoms with van der Waals surface area (Å²) in [6.45, 7) is 2.25. The first-order valence-electron chi connectivity index (χ1n) is 8.74. The summed E-state index contributed by atoms with van der Waals surface area (Å²) in [6.07, 6.45) is 0. The van der Waals surface area contributed by atoms with E-state index in [0.717, 1.165) is 0 Å². The number of amides is 2. The summed E-state index contributed by atoms with van der Waals surface area (Å²) in [6, 6.07) is 10.6. The molecule has 1 fully saturated rings. The van der Waals surface area contributed by atoms with Gasteiger partial charge in [0.1, 0.15) is 0 Å². The lowest BCUT2D eigenvalue weighted by molar-refractivity contribution is -0.384. The molecule has 0 saturated carbocycles. The molecule has 9 nitrogen and oxygen atoms in total. The molecule has 28 heavy (non-hydrogen) atoms. The van der Waals surface area contributed by atoms with Gasteiger partial charge in [-0.15, -0.1) is 0 Å². The third-order valence-electron chi connectivity index (χ3n) is 4.42. The first-order valence-corrected chi connectivity index (χ1v) is 8.74. The Balaban J connectivity index is 1.87. The van der Waals surface area contributed by atoms with Crippen molar-refractivity contribution in [2.75, 3.05) is 43.6 Å². The van der Waals surface area contributed by atoms with Gasteiger partial charge in [0.15, 0.2) is 0 Å². The van der Waals surface area contributed by atoms with Crippen LogP contribution in [0.2, 0.25) is 0 Å². The van der Waals surface area contributed by atoms with Crippen LogP contribution in [-0.2, 0) is 4.74 Å². The normalized spacial score (nSPS) is 13.7. The molecule has 0 bridgehead atoms.